The monoisotopic (exact) mass is 686 g/mol. The van der Waals surface area contributed by atoms with Gasteiger partial charge in [0.05, 0.1) is 47.3 Å². The van der Waals surface area contributed by atoms with Crippen LogP contribution in [0.2, 0.25) is 5.02 Å². The summed E-state index contributed by atoms with van der Waals surface area (Å²) in [6.07, 6.45) is 2.87. The predicted molar refractivity (Wildman–Crippen MR) is 190 cm³/mol. The Hall–Kier alpha value is -3.91. The first-order chi connectivity index (χ1) is 23.4. The summed E-state index contributed by atoms with van der Waals surface area (Å²) in [7, 11) is 0. The second kappa shape index (κ2) is 14.1. The molecule has 2 saturated heterocycles. The molecule has 3 aliphatic heterocycles. The average Bonchev–Trinajstić information content (AvgIpc) is 3.44. The highest BCUT2D eigenvalue weighted by Gasteiger charge is 2.50. The molecular formula is C38H47ClN6O4. The van der Waals surface area contributed by atoms with E-state index in [-0.39, 0.29) is 23.9 Å². The third kappa shape index (κ3) is 7.21. The molecule has 1 spiro atoms. The Morgan fingerprint density at radius 2 is 1.98 bits per heavy atom. The molecule has 260 valence electrons. The summed E-state index contributed by atoms with van der Waals surface area (Å²) in [4.78, 5) is 29.6. The van der Waals surface area contributed by atoms with E-state index in [4.69, 9.17) is 26.1 Å². The van der Waals surface area contributed by atoms with Crippen molar-refractivity contribution in [3.05, 3.63) is 70.5 Å². The van der Waals surface area contributed by atoms with Gasteiger partial charge in [0.2, 0.25) is 0 Å². The molecule has 1 N–H and O–H groups in total. The third-order valence-corrected chi connectivity index (χ3v) is 10.3. The van der Waals surface area contributed by atoms with Gasteiger partial charge in [-0.15, -0.1) is 0 Å². The number of halogens is 1. The van der Waals surface area contributed by atoms with Crippen molar-refractivity contribution in [3.63, 3.8) is 0 Å². The van der Waals surface area contributed by atoms with Crippen LogP contribution in [-0.2, 0) is 16.7 Å². The van der Waals surface area contributed by atoms with Gasteiger partial charge in [-0.05, 0) is 76.3 Å². The number of aliphatic hydroxyl groups is 1. The number of nitriles is 1. The van der Waals surface area contributed by atoms with E-state index >= 15 is 0 Å². The molecule has 4 atom stereocenters. The minimum atomic E-state index is -0.631. The van der Waals surface area contributed by atoms with E-state index in [1.165, 1.54) is 5.56 Å². The van der Waals surface area contributed by atoms with Gasteiger partial charge in [0.15, 0.2) is 0 Å². The van der Waals surface area contributed by atoms with Crippen LogP contribution >= 0.6 is 11.6 Å². The Labute approximate surface area is 294 Å². The SMILES string of the molecule is CCOc1ccccc1-c1ccc2c(n1)CN(C[C@H]1C[C@H](O)CN1C(=O)OC(C)(C)C)CC21CCN(c2ncc(Cl)cc2C#N)CC1CC. The second-order valence-corrected chi connectivity index (χ2v) is 15.0. The number of anilines is 1. The fourth-order valence-electron chi connectivity index (χ4n) is 8.09. The standard InChI is InChI=1S/C38H47ClN6O4/c1-6-26-20-44(35-25(18-40)16-27(39)19-41-35)15-14-38(26)24-43(21-28-17-29(46)22-45(28)36(47)49-37(3,4)5)23-33-31(38)12-13-32(42-33)30-10-8-9-11-34(30)48-7-2/h8-13,16,19,26,28-29,46H,6-7,14-15,17,20-24H2,1-5H3/t26?,28-,29+,38?/m1/s1. The van der Waals surface area contributed by atoms with Crippen molar-refractivity contribution in [1.29, 1.82) is 5.26 Å². The highest BCUT2D eigenvalue weighted by atomic mass is 35.5. The zero-order valence-electron chi connectivity index (χ0n) is 29.2. The quantitative estimate of drug-likeness (QED) is 0.300. The number of β-amino-alcohol motifs (C(OH)–C–C–N with tert-alkyl or cyclic N) is 1. The van der Waals surface area contributed by atoms with Crippen molar-refractivity contribution in [2.24, 2.45) is 5.92 Å². The smallest absolute Gasteiger partial charge is 0.410 e. The van der Waals surface area contributed by atoms with Gasteiger partial charge in [0, 0.05) is 49.9 Å². The number of rotatable bonds is 7. The van der Waals surface area contributed by atoms with Gasteiger partial charge in [0.1, 0.15) is 23.2 Å². The molecular weight excluding hydrogens is 640 g/mol. The lowest BCUT2D eigenvalue weighted by Crippen LogP contribution is -2.59. The van der Waals surface area contributed by atoms with Crippen molar-refractivity contribution < 1.29 is 19.4 Å². The molecule has 2 aromatic heterocycles. The van der Waals surface area contributed by atoms with Gasteiger partial charge in [0.25, 0.3) is 0 Å². The van der Waals surface area contributed by atoms with E-state index in [0.717, 1.165) is 48.6 Å². The fourth-order valence-corrected chi connectivity index (χ4v) is 8.24. The lowest BCUT2D eigenvalue weighted by Gasteiger charge is -2.53. The Kier molecular flexibility index (Phi) is 10.1. The summed E-state index contributed by atoms with van der Waals surface area (Å²) in [5, 5.41) is 21.1. The number of aromatic nitrogens is 2. The molecule has 49 heavy (non-hydrogen) atoms. The molecule has 10 nitrogen and oxygen atoms in total. The summed E-state index contributed by atoms with van der Waals surface area (Å²) in [5.74, 6) is 1.70. The maximum atomic E-state index is 13.3. The summed E-state index contributed by atoms with van der Waals surface area (Å²) in [5.41, 5.74) is 3.71. The van der Waals surface area contributed by atoms with Crippen LogP contribution in [0.5, 0.6) is 5.75 Å². The largest absolute Gasteiger partial charge is 0.493 e. The first-order valence-electron chi connectivity index (χ1n) is 17.4. The average molecular weight is 687 g/mol. The number of carbonyl (C=O) groups excluding carboxylic acids is 1. The highest BCUT2D eigenvalue weighted by Crippen LogP contribution is 2.48. The number of piperidine rings is 1. The number of amides is 1. The van der Waals surface area contributed by atoms with Crippen LogP contribution < -0.4 is 9.64 Å². The van der Waals surface area contributed by atoms with Crippen LogP contribution in [-0.4, -0.2) is 88.0 Å². The van der Waals surface area contributed by atoms with Gasteiger partial charge in [-0.25, -0.2) is 9.78 Å². The van der Waals surface area contributed by atoms with E-state index in [9.17, 15) is 15.2 Å². The lowest BCUT2D eigenvalue weighted by molar-refractivity contribution is 0.0151. The first kappa shape index (κ1) is 34.9. The second-order valence-electron chi connectivity index (χ2n) is 14.6. The molecule has 3 aliphatic rings. The number of hydrogen-bond acceptors (Lipinski definition) is 9. The molecule has 11 heteroatoms. The molecule has 2 fully saturated rings. The first-order valence-corrected chi connectivity index (χ1v) is 17.8. The Balaban J connectivity index is 1.37. The molecule has 2 unspecified atom stereocenters. The minimum absolute atomic E-state index is 0.193. The Morgan fingerprint density at radius 3 is 2.71 bits per heavy atom. The van der Waals surface area contributed by atoms with Crippen molar-refractivity contribution in [2.75, 3.05) is 44.2 Å². The van der Waals surface area contributed by atoms with Gasteiger partial charge < -0.3 is 24.4 Å². The van der Waals surface area contributed by atoms with Gasteiger partial charge in [-0.1, -0.05) is 43.1 Å². The van der Waals surface area contributed by atoms with E-state index < -0.39 is 17.8 Å². The molecule has 0 saturated carbocycles. The van der Waals surface area contributed by atoms with Crippen LogP contribution in [0.4, 0.5) is 10.6 Å². The number of nitrogens with zero attached hydrogens (tertiary/aromatic N) is 6. The van der Waals surface area contributed by atoms with Gasteiger partial charge >= 0.3 is 6.09 Å². The Bertz CT molecular complexity index is 1720. The van der Waals surface area contributed by atoms with Crippen LogP contribution in [0.15, 0.2) is 48.7 Å². The number of para-hydroxylation sites is 1. The zero-order chi connectivity index (χ0) is 34.9. The van der Waals surface area contributed by atoms with Gasteiger partial charge in [-0.3, -0.25) is 9.88 Å². The summed E-state index contributed by atoms with van der Waals surface area (Å²) < 4.78 is 11.7. The molecule has 6 rings (SSSR count). The van der Waals surface area contributed by atoms with Crippen LogP contribution in [0.25, 0.3) is 11.3 Å². The molecule has 0 radical (unpaired) electrons. The highest BCUT2D eigenvalue weighted by molar-refractivity contribution is 6.30. The van der Waals surface area contributed by atoms with Gasteiger partial charge in [-0.2, -0.15) is 5.26 Å². The number of pyridine rings is 2. The fraction of sp³-hybridized carbons (Fsp3) is 0.526. The van der Waals surface area contributed by atoms with E-state index in [1.807, 2.05) is 52.0 Å². The Morgan fingerprint density at radius 1 is 1.18 bits per heavy atom. The number of ether oxygens (including phenoxy) is 2. The number of carbonyl (C=O) groups is 1. The molecule has 5 heterocycles. The summed E-state index contributed by atoms with van der Waals surface area (Å²) in [6.45, 7) is 14.1. The van der Waals surface area contributed by atoms with Crippen molar-refractivity contribution in [1.82, 2.24) is 19.8 Å². The molecule has 0 aliphatic carbocycles. The molecule has 1 amide bonds. The molecule has 3 aromatic rings. The number of likely N-dealkylation sites (tertiary alicyclic amines) is 1. The minimum Gasteiger partial charge on any atom is -0.493 e. The number of aliphatic hydroxyl groups excluding tert-OH is 1. The number of fused-ring (bicyclic) bond motifs is 2. The van der Waals surface area contributed by atoms with Crippen molar-refractivity contribution in [2.45, 2.75) is 83.6 Å². The number of benzene rings is 1. The summed E-state index contributed by atoms with van der Waals surface area (Å²) in [6, 6.07) is 16.2. The van der Waals surface area contributed by atoms with Crippen LogP contribution in [0, 0.1) is 17.2 Å². The normalized spacial score (nSPS) is 24.1. The predicted octanol–water partition coefficient (Wildman–Crippen LogP) is 6.43. The van der Waals surface area contributed by atoms with E-state index in [2.05, 4.69) is 39.9 Å². The maximum Gasteiger partial charge on any atom is 0.410 e. The zero-order valence-corrected chi connectivity index (χ0v) is 29.9. The number of hydrogen-bond donors (Lipinski definition) is 1. The van der Waals surface area contributed by atoms with Crippen molar-refractivity contribution in [3.8, 4) is 23.1 Å². The van der Waals surface area contributed by atoms with Crippen molar-refractivity contribution >= 4 is 23.5 Å². The lowest BCUT2D eigenvalue weighted by atomic mass is 9.62. The third-order valence-electron chi connectivity index (χ3n) is 10.1. The maximum absolute atomic E-state index is 13.3. The van der Waals surface area contributed by atoms with E-state index in [0.29, 0.717) is 49.1 Å². The molecule has 0 bridgehead atoms. The summed E-state index contributed by atoms with van der Waals surface area (Å²) >= 11 is 6.20. The molecule has 1 aromatic carbocycles. The van der Waals surface area contributed by atoms with E-state index in [1.54, 1.807) is 17.2 Å². The van der Waals surface area contributed by atoms with Crippen LogP contribution in [0.3, 0.4) is 0 Å². The topological polar surface area (TPSA) is 115 Å². The van der Waals surface area contributed by atoms with Crippen LogP contribution in [0.1, 0.15) is 70.7 Å².